The molecule has 0 aliphatic heterocycles. The van der Waals surface area contributed by atoms with Gasteiger partial charge in [0, 0.05) is 9.75 Å². The molecule has 0 spiro atoms. The lowest BCUT2D eigenvalue weighted by Crippen LogP contribution is -2.06. The Labute approximate surface area is 109 Å². The second-order valence-corrected chi connectivity index (χ2v) is 5.69. The van der Waals surface area contributed by atoms with Crippen LogP contribution in [0.4, 0.5) is 8.78 Å². The highest BCUT2D eigenvalue weighted by molar-refractivity contribution is 7.12. The molecule has 18 heavy (non-hydrogen) atoms. The Hall–Kier alpha value is -1.26. The van der Waals surface area contributed by atoms with Crippen LogP contribution in [0.1, 0.15) is 32.5 Å². The first-order chi connectivity index (χ1) is 8.41. The number of hydrogen-bond acceptors (Lipinski definition) is 2. The number of aliphatic hydroxyl groups excluding tert-OH is 1. The molecule has 0 radical (unpaired) electrons. The maximum atomic E-state index is 13.9. The van der Waals surface area contributed by atoms with Crippen molar-refractivity contribution in [2.75, 3.05) is 0 Å². The van der Waals surface area contributed by atoms with Gasteiger partial charge in [0.2, 0.25) is 0 Å². The van der Waals surface area contributed by atoms with E-state index in [4.69, 9.17) is 0 Å². The van der Waals surface area contributed by atoms with Crippen LogP contribution in [0.5, 0.6) is 0 Å². The van der Waals surface area contributed by atoms with E-state index in [1.54, 1.807) is 6.92 Å². The van der Waals surface area contributed by atoms with Crippen LogP contribution in [0.2, 0.25) is 0 Å². The van der Waals surface area contributed by atoms with Crippen molar-refractivity contribution in [3.05, 3.63) is 56.3 Å². The highest BCUT2D eigenvalue weighted by atomic mass is 32.1. The molecule has 1 atom stereocenters. The molecule has 0 bridgehead atoms. The van der Waals surface area contributed by atoms with Gasteiger partial charge in [-0.05, 0) is 44.0 Å². The minimum Gasteiger partial charge on any atom is -0.383 e. The van der Waals surface area contributed by atoms with Crippen LogP contribution in [0.25, 0.3) is 0 Å². The Morgan fingerprint density at radius 1 is 1.11 bits per heavy atom. The van der Waals surface area contributed by atoms with Crippen LogP contribution in [0.15, 0.2) is 18.2 Å². The molecule has 2 aromatic rings. The number of thiophene rings is 1. The average molecular weight is 268 g/mol. The fraction of sp³-hybridized carbons (Fsp3) is 0.286. The lowest BCUT2D eigenvalue weighted by Gasteiger charge is -2.14. The molecule has 4 heteroatoms. The minimum atomic E-state index is -1.25. The number of benzene rings is 1. The number of rotatable bonds is 2. The van der Waals surface area contributed by atoms with Crippen molar-refractivity contribution in [2.45, 2.75) is 26.9 Å². The Morgan fingerprint density at radius 2 is 1.78 bits per heavy atom. The van der Waals surface area contributed by atoms with Gasteiger partial charge in [-0.15, -0.1) is 11.3 Å². The van der Waals surface area contributed by atoms with Gasteiger partial charge >= 0.3 is 0 Å². The fourth-order valence-corrected chi connectivity index (χ4v) is 3.02. The number of hydrogen-bond donors (Lipinski definition) is 1. The lowest BCUT2D eigenvalue weighted by molar-refractivity contribution is 0.212. The highest BCUT2D eigenvalue weighted by Gasteiger charge is 2.23. The van der Waals surface area contributed by atoms with Gasteiger partial charge in [-0.1, -0.05) is 6.07 Å². The van der Waals surface area contributed by atoms with Crippen molar-refractivity contribution >= 4 is 11.3 Å². The number of halogens is 2. The molecule has 0 aliphatic carbocycles. The van der Waals surface area contributed by atoms with Crippen molar-refractivity contribution in [1.82, 2.24) is 0 Å². The van der Waals surface area contributed by atoms with Crippen LogP contribution in [0.3, 0.4) is 0 Å². The van der Waals surface area contributed by atoms with Crippen molar-refractivity contribution in [1.29, 1.82) is 0 Å². The van der Waals surface area contributed by atoms with Crippen LogP contribution in [-0.2, 0) is 0 Å². The molecule has 1 aromatic carbocycles. The monoisotopic (exact) mass is 268 g/mol. The zero-order chi connectivity index (χ0) is 13.4. The van der Waals surface area contributed by atoms with E-state index >= 15 is 0 Å². The minimum absolute atomic E-state index is 0.264. The van der Waals surface area contributed by atoms with E-state index in [0.717, 1.165) is 10.4 Å². The Balaban J connectivity index is 2.56. The van der Waals surface area contributed by atoms with Gasteiger partial charge in [-0.2, -0.15) is 0 Å². The molecule has 2 rings (SSSR count). The molecule has 0 saturated heterocycles. The molecule has 1 N–H and O–H groups in total. The van der Waals surface area contributed by atoms with Crippen LogP contribution in [0, 0.1) is 32.4 Å². The van der Waals surface area contributed by atoms with Crippen molar-refractivity contribution in [2.24, 2.45) is 0 Å². The third-order valence-electron chi connectivity index (χ3n) is 2.92. The molecular weight excluding hydrogens is 254 g/mol. The molecule has 1 unspecified atom stereocenters. The summed E-state index contributed by atoms with van der Waals surface area (Å²) in [6.45, 7) is 5.28. The number of aliphatic hydroxyl groups is 1. The van der Waals surface area contributed by atoms with Gasteiger partial charge in [-0.3, -0.25) is 0 Å². The van der Waals surface area contributed by atoms with Crippen LogP contribution < -0.4 is 0 Å². The van der Waals surface area contributed by atoms with Gasteiger partial charge in [0.15, 0.2) is 0 Å². The normalized spacial score (nSPS) is 12.8. The van der Waals surface area contributed by atoms with Gasteiger partial charge < -0.3 is 5.11 Å². The van der Waals surface area contributed by atoms with E-state index in [-0.39, 0.29) is 5.56 Å². The van der Waals surface area contributed by atoms with Crippen molar-refractivity contribution in [3.63, 3.8) is 0 Å². The first kappa shape index (κ1) is 13.2. The topological polar surface area (TPSA) is 20.2 Å². The summed E-state index contributed by atoms with van der Waals surface area (Å²) in [6.07, 6.45) is -1.25. The van der Waals surface area contributed by atoms with E-state index in [1.807, 2.05) is 19.9 Å². The molecule has 0 aliphatic rings. The van der Waals surface area contributed by atoms with Crippen LogP contribution >= 0.6 is 11.3 Å². The zero-order valence-corrected chi connectivity index (χ0v) is 11.2. The molecule has 0 fully saturated rings. The maximum absolute atomic E-state index is 13.9. The van der Waals surface area contributed by atoms with Crippen molar-refractivity contribution < 1.29 is 13.9 Å². The van der Waals surface area contributed by atoms with Gasteiger partial charge in [0.05, 0.1) is 5.56 Å². The van der Waals surface area contributed by atoms with Gasteiger partial charge in [-0.25, -0.2) is 8.78 Å². The van der Waals surface area contributed by atoms with E-state index in [9.17, 15) is 13.9 Å². The standard InChI is InChI=1S/C14H14F2OS/c1-7-4-5-10(15)11(12(7)16)13(17)14-8(2)6-9(3)18-14/h4-6,13,17H,1-3H3. The molecule has 1 aromatic heterocycles. The fourth-order valence-electron chi connectivity index (χ4n) is 1.99. The van der Waals surface area contributed by atoms with E-state index in [1.165, 1.54) is 23.5 Å². The predicted molar refractivity (Wildman–Crippen MR) is 68.9 cm³/mol. The molecule has 1 heterocycles. The summed E-state index contributed by atoms with van der Waals surface area (Å²) in [7, 11) is 0. The second-order valence-electron chi connectivity index (χ2n) is 4.40. The Bertz CT molecular complexity index is 590. The summed E-state index contributed by atoms with van der Waals surface area (Å²) in [6, 6.07) is 4.45. The predicted octanol–water partition coefficient (Wildman–Crippen LogP) is 4.03. The summed E-state index contributed by atoms with van der Waals surface area (Å²) in [4.78, 5) is 1.60. The first-order valence-electron chi connectivity index (χ1n) is 5.61. The Morgan fingerprint density at radius 3 is 2.33 bits per heavy atom. The lowest BCUT2D eigenvalue weighted by atomic mass is 10.0. The average Bonchev–Trinajstić information content (AvgIpc) is 2.63. The van der Waals surface area contributed by atoms with E-state index in [2.05, 4.69) is 0 Å². The summed E-state index contributed by atoms with van der Waals surface area (Å²) in [5.41, 5.74) is 0.918. The maximum Gasteiger partial charge on any atom is 0.135 e. The third-order valence-corrected chi connectivity index (χ3v) is 4.13. The van der Waals surface area contributed by atoms with Gasteiger partial charge in [0.25, 0.3) is 0 Å². The second kappa shape index (κ2) is 4.78. The third kappa shape index (κ3) is 2.18. The largest absolute Gasteiger partial charge is 0.383 e. The molecule has 1 nitrogen and oxygen atoms in total. The molecule has 96 valence electrons. The van der Waals surface area contributed by atoms with E-state index in [0.29, 0.717) is 10.4 Å². The summed E-state index contributed by atoms with van der Waals surface area (Å²) >= 11 is 1.36. The quantitative estimate of drug-likeness (QED) is 0.871. The molecule has 0 amide bonds. The summed E-state index contributed by atoms with van der Waals surface area (Å²) < 4.78 is 27.7. The zero-order valence-electron chi connectivity index (χ0n) is 10.4. The highest BCUT2D eigenvalue weighted by Crippen LogP contribution is 2.34. The summed E-state index contributed by atoms with van der Waals surface area (Å²) in [5.74, 6) is -1.39. The van der Waals surface area contributed by atoms with Gasteiger partial charge in [0.1, 0.15) is 17.7 Å². The number of aryl methyl sites for hydroxylation is 3. The van der Waals surface area contributed by atoms with Crippen LogP contribution in [-0.4, -0.2) is 5.11 Å². The van der Waals surface area contributed by atoms with E-state index < -0.39 is 17.7 Å². The molecule has 0 saturated carbocycles. The summed E-state index contributed by atoms with van der Waals surface area (Å²) in [5, 5.41) is 10.2. The smallest absolute Gasteiger partial charge is 0.135 e. The SMILES string of the molecule is Cc1cc(C)c(C(O)c2c(F)ccc(C)c2F)s1. The Kier molecular flexibility index (Phi) is 3.50. The molecular formula is C14H14F2OS. The first-order valence-corrected chi connectivity index (χ1v) is 6.43. The van der Waals surface area contributed by atoms with Crippen molar-refractivity contribution in [3.8, 4) is 0 Å².